The van der Waals surface area contributed by atoms with Crippen molar-refractivity contribution in [3.8, 4) is 0 Å². The van der Waals surface area contributed by atoms with Gasteiger partial charge in [0.15, 0.2) is 0 Å². The van der Waals surface area contributed by atoms with Crippen molar-refractivity contribution in [2.75, 3.05) is 18.8 Å². The fourth-order valence-electron chi connectivity index (χ4n) is 1.75. The van der Waals surface area contributed by atoms with Gasteiger partial charge in [-0.05, 0) is 49.5 Å². The summed E-state index contributed by atoms with van der Waals surface area (Å²) in [6, 6.07) is 8.19. The molecular formula is C15H25NOS. The summed E-state index contributed by atoms with van der Waals surface area (Å²) in [5.74, 6) is 1.28. The van der Waals surface area contributed by atoms with Crippen LogP contribution in [0.1, 0.15) is 45.1 Å². The predicted molar refractivity (Wildman–Crippen MR) is 79.6 cm³/mol. The van der Waals surface area contributed by atoms with Crippen molar-refractivity contribution in [3.63, 3.8) is 0 Å². The number of hydrogen-bond acceptors (Lipinski definition) is 2. The lowest BCUT2D eigenvalue weighted by Gasteiger charge is -2.07. The van der Waals surface area contributed by atoms with Gasteiger partial charge in [0.25, 0.3) is 0 Å². The number of benzene rings is 1. The first-order valence-electron chi connectivity index (χ1n) is 6.84. The van der Waals surface area contributed by atoms with E-state index in [2.05, 4.69) is 38.2 Å². The largest absolute Gasteiger partial charge is 0.317 e. The molecule has 2 nitrogen and oxygen atoms in total. The molecule has 0 bridgehead atoms. The van der Waals surface area contributed by atoms with Crippen molar-refractivity contribution < 1.29 is 4.21 Å². The molecule has 0 aromatic heterocycles. The topological polar surface area (TPSA) is 29.1 Å². The van der Waals surface area contributed by atoms with Crippen LogP contribution in [0.4, 0.5) is 0 Å². The predicted octanol–water partition coefficient (Wildman–Crippen LogP) is 3.31. The van der Waals surface area contributed by atoms with Gasteiger partial charge in [0, 0.05) is 10.6 Å². The quantitative estimate of drug-likeness (QED) is 0.732. The summed E-state index contributed by atoms with van der Waals surface area (Å²) >= 11 is 0. The maximum absolute atomic E-state index is 12.0. The maximum atomic E-state index is 12.0. The molecule has 102 valence electrons. The number of hydrogen-bond donors (Lipinski definition) is 1. The molecule has 0 fully saturated rings. The summed E-state index contributed by atoms with van der Waals surface area (Å²) in [6.45, 7) is 8.51. The second kappa shape index (κ2) is 8.44. The van der Waals surface area contributed by atoms with Gasteiger partial charge < -0.3 is 5.32 Å². The molecule has 18 heavy (non-hydrogen) atoms. The van der Waals surface area contributed by atoms with Crippen molar-refractivity contribution in [3.05, 3.63) is 29.8 Å². The molecule has 0 amide bonds. The molecule has 0 radical (unpaired) electrons. The molecule has 1 N–H and O–H groups in total. The van der Waals surface area contributed by atoms with Gasteiger partial charge in [0.2, 0.25) is 0 Å². The van der Waals surface area contributed by atoms with Crippen molar-refractivity contribution in [1.29, 1.82) is 0 Å². The Kier molecular flexibility index (Phi) is 7.21. The Morgan fingerprint density at radius 3 is 2.39 bits per heavy atom. The van der Waals surface area contributed by atoms with E-state index in [1.54, 1.807) is 0 Å². The Bertz CT molecular complexity index is 359. The molecule has 1 unspecified atom stereocenters. The van der Waals surface area contributed by atoms with E-state index in [0.717, 1.165) is 36.6 Å². The van der Waals surface area contributed by atoms with Crippen LogP contribution in [0.3, 0.4) is 0 Å². The zero-order valence-electron chi connectivity index (χ0n) is 11.7. The van der Waals surface area contributed by atoms with Gasteiger partial charge in [-0.1, -0.05) is 32.9 Å². The first-order valence-corrected chi connectivity index (χ1v) is 8.16. The Hall–Kier alpha value is -0.670. The Balaban J connectivity index is 2.37. The second-order valence-corrected chi connectivity index (χ2v) is 6.45. The zero-order valence-corrected chi connectivity index (χ0v) is 12.6. The van der Waals surface area contributed by atoms with Gasteiger partial charge >= 0.3 is 0 Å². The molecule has 0 saturated heterocycles. The standard InChI is InChI=1S/C15H25NOS/c1-4-10-16-11-5-12-18(17)15-8-6-14(7-9-15)13(2)3/h6-9,13,16H,4-5,10-12H2,1-3H3. The van der Waals surface area contributed by atoms with Crippen LogP contribution >= 0.6 is 0 Å². The van der Waals surface area contributed by atoms with E-state index >= 15 is 0 Å². The van der Waals surface area contributed by atoms with Gasteiger partial charge in [-0.3, -0.25) is 4.21 Å². The summed E-state index contributed by atoms with van der Waals surface area (Å²) in [7, 11) is -0.850. The van der Waals surface area contributed by atoms with E-state index in [1.165, 1.54) is 5.56 Å². The van der Waals surface area contributed by atoms with Gasteiger partial charge in [-0.2, -0.15) is 0 Å². The molecule has 0 aliphatic carbocycles. The fourth-order valence-corrected chi connectivity index (χ4v) is 2.83. The van der Waals surface area contributed by atoms with E-state index in [0.29, 0.717) is 5.92 Å². The lowest BCUT2D eigenvalue weighted by atomic mass is 10.0. The molecular weight excluding hydrogens is 242 g/mol. The molecule has 0 aliphatic heterocycles. The third-order valence-electron chi connectivity index (χ3n) is 2.92. The summed E-state index contributed by atoms with van der Waals surface area (Å²) in [4.78, 5) is 0.954. The van der Waals surface area contributed by atoms with E-state index in [1.807, 2.05) is 12.1 Å². The lowest BCUT2D eigenvalue weighted by Crippen LogP contribution is -2.17. The van der Waals surface area contributed by atoms with Crippen molar-refractivity contribution in [2.45, 2.75) is 44.4 Å². The van der Waals surface area contributed by atoms with E-state index in [9.17, 15) is 4.21 Å². The van der Waals surface area contributed by atoms with Crippen LogP contribution in [0, 0.1) is 0 Å². The first-order chi connectivity index (χ1) is 8.65. The highest BCUT2D eigenvalue weighted by molar-refractivity contribution is 7.85. The third-order valence-corrected chi connectivity index (χ3v) is 4.38. The average molecular weight is 267 g/mol. The highest BCUT2D eigenvalue weighted by Crippen LogP contribution is 2.16. The van der Waals surface area contributed by atoms with Gasteiger partial charge in [0.1, 0.15) is 0 Å². The first kappa shape index (κ1) is 15.4. The summed E-state index contributed by atoms with van der Waals surface area (Å²) in [5.41, 5.74) is 1.31. The van der Waals surface area contributed by atoms with Crippen LogP contribution in [0.15, 0.2) is 29.2 Å². The maximum Gasteiger partial charge on any atom is 0.0529 e. The molecule has 0 saturated carbocycles. The minimum atomic E-state index is -0.850. The minimum Gasteiger partial charge on any atom is -0.317 e. The van der Waals surface area contributed by atoms with Crippen LogP contribution in [0.2, 0.25) is 0 Å². The van der Waals surface area contributed by atoms with Crippen LogP contribution < -0.4 is 5.32 Å². The second-order valence-electron chi connectivity index (χ2n) is 4.88. The smallest absolute Gasteiger partial charge is 0.0529 e. The van der Waals surface area contributed by atoms with E-state index in [-0.39, 0.29) is 0 Å². The monoisotopic (exact) mass is 267 g/mol. The normalized spacial score (nSPS) is 12.9. The molecule has 0 spiro atoms. The zero-order chi connectivity index (χ0) is 13.4. The van der Waals surface area contributed by atoms with Crippen LogP contribution in [-0.4, -0.2) is 23.1 Å². The molecule has 3 heteroatoms. The van der Waals surface area contributed by atoms with Crippen LogP contribution in [0.5, 0.6) is 0 Å². The van der Waals surface area contributed by atoms with Gasteiger partial charge in [-0.25, -0.2) is 0 Å². The highest BCUT2D eigenvalue weighted by Gasteiger charge is 2.04. The SMILES string of the molecule is CCCNCCCS(=O)c1ccc(C(C)C)cc1. The number of rotatable bonds is 8. The summed E-state index contributed by atoms with van der Waals surface area (Å²) in [5, 5.41) is 3.33. The molecule has 1 atom stereocenters. The van der Waals surface area contributed by atoms with Gasteiger partial charge in [0.05, 0.1) is 10.8 Å². The Morgan fingerprint density at radius 2 is 1.83 bits per heavy atom. The minimum absolute atomic E-state index is 0.533. The van der Waals surface area contributed by atoms with Crippen LogP contribution in [-0.2, 0) is 10.8 Å². The average Bonchev–Trinajstić information content (AvgIpc) is 2.38. The molecule has 1 aromatic rings. The summed E-state index contributed by atoms with van der Waals surface area (Å²) in [6.07, 6.45) is 2.12. The molecule has 0 heterocycles. The highest BCUT2D eigenvalue weighted by atomic mass is 32.2. The van der Waals surface area contributed by atoms with Gasteiger partial charge in [-0.15, -0.1) is 0 Å². The Morgan fingerprint density at radius 1 is 1.17 bits per heavy atom. The lowest BCUT2D eigenvalue weighted by molar-refractivity contribution is 0.652. The van der Waals surface area contributed by atoms with Crippen molar-refractivity contribution in [1.82, 2.24) is 5.32 Å². The molecule has 1 rings (SSSR count). The van der Waals surface area contributed by atoms with Crippen molar-refractivity contribution in [2.24, 2.45) is 0 Å². The number of nitrogens with one attached hydrogen (secondary N) is 1. The molecule has 1 aromatic carbocycles. The van der Waals surface area contributed by atoms with E-state index < -0.39 is 10.8 Å². The van der Waals surface area contributed by atoms with Crippen molar-refractivity contribution >= 4 is 10.8 Å². The third kappa shape index (κ3) is 5.32. The van der Waals surface area contributed by atoms with Crippen LogP contribution in [0.25, 0.3) is 0 Å². The molecule has 0 aliphatic rings. The van der Waals surface area contributed by atoms with E-state index in [4.69, 9.17) is 0 Å². The fraction of sp³-hybridized carbons (Fsp3) is 0.600. The summed E-state index contributed by atoms with van der Waals surface area (Å²) < 4.78 is 12.0. The Labute approximate surface area is 114 Å².